The molecule has 1 N–H and O–H groups in total. The largest absolute Gasteiger partial charge is 0.393 e. The highest BCUT2D eigenvalue weighted by Gasteiger charge is 2.27. The number of Topliss-reactive ketones (excluding diaryl/α,β-unsaturated/α-hetero) is 1. The lowest BCUT2D eigenvalue weighted by Crippen LogP contribution is -2.24. The van der Waals surface area contributed by atoms with Gasteiger partial charge in [-0.1, -0.05) is 18.2 Å². The molecule has 94 valence electrons. The van der Waals surface area contributed by atoms with Gasteiger partial charge in [-0.25, -0.2) is 0 Å². The second-order valence-electron chi connectivity index (χ2n) is 5.02. The number of aliphatic hydroxyl groups is 1. The van der Waals surface area contributed by atoms with Crippen molar-refractivity contribution in [3.63, 3.8) is 0 Å². The SMILES string of the molecule is O=C(c1csc2ccccc12)C1CCC(O)CC1. The van der Waals surface area contributed by atoms with Crippen LogP contribution in [0.4, 0.5) is 0 Å². The molecule has 1 fully saturated rings. The Balaban J connectivity index is 1.88. The van der Waals surface area contributed by atoms with Gasteiger partial charge < -0.3 is 5.11 Å². The van der Waals surface area contributed by atoms with Crippen LogP contribution in [0.1, 0.15) is 36.0 Å². The van der Waals surface area contributed by atoms with E-state index in [2.05, 4.69) is 6.07 Å². The van der Waals surface area contributed by atoms with E-state index in [0.29, 0.717) is 0 Å². The van der Waals surface area contributed by atoms with E-state index in [1.165, 1.54) is 4.70 Å². The molecule has 1 aromatic heterocycles. The van der Waals surface area contributed by atoms with Crippen molar-refractivity contribution < 1.29 is 9.90 Å². The van der Waals surface area contributed by atoms with Gasteiger partial charge in [0.25, 0.3) is 0 Å². The van der Waals surface area contributed by atoms with Crippen molar-refractivity contribution in [3.8, 4) is 0 Å². The van der Waals surface area contributed by atoms with E-state index in [1.54, 1.807) is 11.3 Å². The van der Waals surface area contributed by atoms with E-state index >= 15 is 0 Å². The molecule has 3 rings (SSSR count). The van der Waals surface area contributed by atoms with E-state index in [9.17, 15) is 9.90 Å². The van der Waals surface area contributed by atoms with Crippen LogP contribution in [0.5, 0.6) is 0 Å². The Morgan fingerprint density at radius 1 is 1.17 bits per heavy atom. The summed E-state index contributed by atoms with van der Waals surface area (Å²) in [7, 11) is 0. The van der Waals surface area contributed by atoms with Crippen LogP contribution in [-0.4, -0.2) is 17.0 Å². The smallest absolute Gasteiger partial charge is 0.167 e. The molecule has 1 aromatic carbocycles. The van der Waals surface area contributed by atoms with Crippen molar-refractivity contribution in [2.75, 3.05) is 0 Å². The molecule has 0 spiro atoms. The van der Waals surface area contributed by atoms with Crippen molar-refractivity contribution in [1.82, 2.24) is 0 Å². The molecular formula is C15H16O2S. The molecule has 0 bridgehead atoms. The molecule has 0 atom stereocenters. The van der Waals surface area contributed by atoms with Gasteiger partial charge in [-0.15, -0.1) is 11.3 Å². The lowest BCUT2D eigenvalue weighted by molar-refractivity contribution is 0.0766. The molecule has 18 heavy (non-hydrogen) atoms. The number of aliphatic hydroxyl groups excluding tert-OH is 1. The number of fused-ring (bicyclic) bond motifs is 1. The summed E-state index contributed by atoms with van der Waals surface area (Å²) in [6.07, 6.45) is 2.97. The maximum Gasteiger partial charge on any atom is 0.167 e. The summed E-state index contributed by atoms with van der Waals surface area (Å²) in [5.41, 5.74) is 0.872. The number of rotatable bonds is 2. The molecule has 0 aliphatic heterocycles. The van der Waals surface area contributed by atoms with Crippen molar-refractivity contribution in [1.29, 1.82) is 0 Å². The molecule has 0 saturated heterocycles. The quantitative estimate of drug-likeness (QED) is 0.837. The normalized spacial score (nSPS) is 24.3. The molecule has 1 aliphatic rings. The highest BCUT2D eigenvalue weighted by Crippen LogP contribution is 2.32. The first-order chi connectivity index (χ1) is 8.75. The van der Waals surface area contributed by atoms with Gasteiger partial charge in [-0.2, -0.15) is 0 Å². The maximum atomic E-state index is 12.5. The number of hydrogen-bond donors (Lipinski definition) is 1. The van der Waals surface area contributed by atoms with Crippen LogP contribution in [-0.2, 0) is 0 Å². The van der Waals surface area contributed by atoms with E-state index < -0.39 is 0 Å². The molecule has 2 aromatic rings. The van der Waals surface area contributed by atoms with E-state index in [0.717, 1.165) is 36.6 Å². The highest BCUT2D eigenvalue weighted by molar-refractivity contribution is 7.17. The number of benzene rings is 1. The Bertz CT molecular complexity index is 565. The van der Waals surface area contributed by atoms with Gasteiger partial charge in [-0.05, 0) is 31.7 Å². The van der Waals surface area contributed by atoms with Gasteiger partial charge >= 0.3 is 0 Å². The predicted molar refractivity (Wildman–Crippen MR) is 74.1 cm³/mol. The minimum atomic E-state index is -0.201. The van der Waals surface area contributed by atoms with Crippen LogP contribution >= 0.6 is 11.3 Å². The van der Waals surface area contributed by atoms with Gasteiger partial charge in [0.15, 0.2) is 5.78 Å². The van der Waals surface area contributed by atoms with Gasteiger partial charge in [0.2, 0.25) is 0 Å². The molecule has 0 unspecified atom stereocenters. The molecular weight excluding hydrogens is 244 g/mol. The lowest BCUT2D eigenvalue weighted by Gasteiger charge is -2.24. The monoisotopic (exact) mass is 260 g/mol. The summed E-state index contributed by atoms with van der Waals surface area (Å²) in [5, 5.41) is 12.6. The highest BCUT2D eigenvalue weighted by atomic mass is 32.1. The summed E-state index contributed by atoms with van der Waals surface area (Å²) < 4.78 is 1.18. The van der Waals surface area contributed by atoms with Gasteiger partial charge in [0.1, 0.15) is 0 Å². The van der Waals surface area contributed by atoms with Crippen LogP contribution in [0.25, 0.3) is 10.1 Å². The lowest BCUT2D eigenvalue weighted by atomic mass is 9.82. The Hall–Kier alpha value is -1.19. The number of thiophene rings is 1. The van der Waals surface area contributed by atoms with Gasteiger partial charge in [0.05, 0.1) is 6.10 Å². The minimum absolute atomic E-state index is 0.103. The van der Waals surface area contributed by atoms with Crippen molar-refractivity contribution in [2.45, 2.75) is 31.8 Å². The zero-order chi connectivity index (χ0) is 12.5. The first-order valence-electron chi connectivity index (χ1n) is 6.44. The van der Waals surface area contributed by atoms with Crippen LogP contribution < -0.4 is 0 Å². The average molecular weight is 260 g/mol. The Morgan fingerprint density at radius 3 is 2.67 bits per heavy atom. The van der Waals surface area contributed by atoms with Crippen LogP contribution in [0, 0.1) is 5.92 Å². The first kappa shape index (κ1) is 11.9. The summed E-state index contributed by atoms with van der Waals surface area (Å²) in [6, 6.07) is 8.07. The number of hydrogen-bond acceptors (Lipinski definition) is 3. The second-order valence-corrected chi connectivity index (χ2v) is 5.93. The van der Waals surface area contributed by atoms with Crippen LogP contribution in [0.2, 0.25) is 0 Å². The summed E-state index contributed by atoms with van der Waals surface area (Å²) >= 11 is 1.64. The summed E-state index contributed by atoms with van der Waals surface area (Å²) in [5.74, 6) is 0.366. The summed E-state index contributed by atoms with van der Waals surface area (Å²) in [4.78, 5) is 12.5. The Kier molecular flexibility index (Phi) is 3.18. The molecule has 3 heteroatoms. The number of carbonyl (C=O) groups excluding carboxylic acids is 1. The predicted octanol–water partition coefficient (Wildman–Crippen LogP) is 3.64. The third-order valence-electron chi connectivity index (χ3n) is 3.81. The summed E-state index contributed by atoms with van der Waals surface area (Å²) in [6.45, 7) is 0. The molecule has 1 heterocycles. The average Bonchev–Trinajstić information content (AvgIpc) is 2.82. The van der Waals surface area contributed by atoms with Gasteiger partial charge in [-0.3, -0.25) is 4.79 Å². The molecule has 0 amide bonds. The Labute approximate surface area is 110 Å². The zero-order valence-corrected chi connectivity index (χ0v) is 11.0. The molecule has 1 saturated carbocycles. The topological polar surface area (TPSA) is 37.3 Å². The van der Waals surface area contributed by atoms with E-state index in [1.807, 2.05) is 23.6 Å². The van der Waals surface area contributed by atoms with Crippen molar-refractivity contribution in [3.05, 3.63) is 35.2 Å². The zero-order valence-electron chi connectivity index (χ0n) is 10.1. The van der Waals surface area contributed by atoms with Crippen LogP contribution in [0.3, 0.4) is 0 Å². The fourth-order valence-electron chi connectivity index (χ4n) is 2.73. The second kappa shape index (κ2) is 4.82. The minimum Gasteiger partial charge on any atom is -0.393 e. The standard InChI is InChI=1S/C15H16O2S/c16-11-7-5-10(6-8-11)15(17)13-9-18-14-4-2-1-3-12(13)14/h1-4,9-11,16H,5-8H2. The Morgan fingerprint density at radius 2 is 1.89 bits per heavy atom. The number of ketones is 1. The third kappa shape index (κ3) is 2.08. The fourth-order valence-corrected chi connectivity index (χ4v) is 3.68. The van der Waals surface area contributed by atoms with Crippen molar-refractivity contribution >= 4 is 27.2 Å². The van der Waals surface area contributed by atoms with E-state index in [4.69, 9.17) is 0 Å². The third-order valence-corrected chi connectivity index (χ3v) is 4.78. The first-order valence-corrected chi connectivity index (χ1v) is 7.32. The molecule has 1 aliphatic carbocycles. The fraction of sp³-hybridized carbons (Fsp3) is 0.400. The van der Waals surface area contributed by atoms with Crippen LogP contribution in [0.15, 0.2) is 29.6 Å². The molecule has 2 nitrogen and oxygen atoms in total. The number of carbonyl (C=O) groups is 1. The van der Waals surface area contributed by atoms with E-state index in [-0.39, 0.29) is 17.8 Å². The maximum absolute atomic E-state index is 12.5. The van der Waals surface area contributed by atoms with Gasteiger partial charge in [0, 0.05) is 26.9 Å². The van der Waals surface area contributed by atoms with Crippen molar-refractivity contribution in [2.24, 2.45) is 5.92 Å². The molecule has 0 radical (unpaired) electrons.